The van der Waals surface area contributed by atoms with Crippen LogP contribution in [0.3, 0.4) is 0 Å². The fourth-order valence-corrected chi connectivity index (χ4v) is 2.67. The molecule has 2 rings (SSSR count). The number of hydrogen-bond acceptors (Lipinski definition) is 1. The highest BCUT2D eigenvalue weighted by Crippen LogP contribution is 2.40. The van der Waals surface area contributed by atoms with E-state index in [1.165, 1.54) is 51.5 Å². The Balaban J connectivity index is 0.000000396. The molecule has 1 nitrogen and oxygen atoms in total. The van der Waals surface area contributed by atoms with Crippen LogP contribution in [0.5, 0.6) is 0 Å². The zero-order chi connectivity index (χ0) is 9.73. The molecule has 1 aliphatic carbocycles. The largest absolute Gasteiger partial charge is 0.301 e. The Kier molecular flexibility index (Phi) is 4.24. The zero-order valence-electron chi connectivity index (χ0n) is 9.60. The molecule has 1 saturated carbocycles. The van der Waals surface area contributed by atoms with Crippen LogP contribution in [0.2, 0.25) is 0 Å². The van der Waals surface area contributed by atoms with Gasteiger partial charge >= 0.3 is 0 Å². The molecule has 78 valence electrons. The molecule has 2 aliphatic rings. The van der Waals surface area contributed by atoms with Crippen LogP contribution in [0.4, 0.5) is 0 Å². The number of hydrogen-bond donors (Lipinski definition) is 0. The summed E-state index contributed by atoms with van der Waals surface area (Å²) in [6, 6.07) is 0. The Hall–Kier alpha value is -0.0400. The van der Waals surface area contributed by atoms with Gasteiger partial charge < -0.3 is 4.90 Å². The first-order valence-electron chi connectivity index (χ1n) is 6.05. The lowest BCUT2D eigenvalue weighted by Crippen LogP contribution is -2.57. The molecule has 1 heteroatoms. The van der Waals surface area contributed by atoms with E-state index < -0.39 is 0 Å². The monoisotopic (exact) mass is 183 g/mol. The van der Waals surface area contributed by atoms with Crippen LogP contribution >= 0.6 is 0 Å². The van der Waals surface area contributed by atoms with Gasteiger partial charge in [-0.1, -0.05) is 39.5 Å². The fraction of sp³-hybridized carbons (Fsp3) is 1.00. The molecule has 1 saturated heterocycles. The lowest BCUT2D eigenvalue weighted by atomic mass is 9.79. The van der Waals surface area contributed by atoms with Crippen LogP contribution in [0, 0.1) is 0 Å². The molecule has 0 amide bonds. The Labute approximate surface area is 83.5 Å². The van der Waals surface area contributed by atoms with E-state index in [1.807, 2.05) is 13.8 Å². The SMILES string of the molecule is CC.CN1CCC12CCCCCC2. The zero-order valence-corrected chi connectivity index (χ0v) is 9.60. The summed E-state index contributed by atoms with van der Waals surface area (Å²) in [5, 5.41) is 0. The van der Waals surface area contributed by atoms with Gasteiger partial charge in [0, 0.05) is 12.1 Å². The molecular formula is C12H25N. The van der Waals surface area contributed by atoms with E-state index >= 15 is 0 Å². The predicted molar refractivity (Wildman–Crippen MR) is 59.0 cm³/mol. The minimum Gasteiger partial charge on any atom is -0.301 e. The quantitative estimate of drug-likeness (QED) is 0.556. The molecule has 0 aromatic carbocycles. The normalized spacial score (nSPS) is 27.0. The minimum atomic E-state index is 0.677. The van der Waals surface area contributed by atoms with Crippen LogP contribution in [-0.4, -0.2) is 24.0 Å². The van der Waals surface area contributed by atoms with Gasteiger partial charge in [0.05, 0.1) is 0 Å². The maximum Gasteiger partial charge on any atom is 0.0218 e. The van der Waals surface area contributed by atoms with E-state index in [-0.39, 0.29) is 0 Å². The summed E-state index contributed by atoms with van der Waals surface area (Å²) in [4.78, 5) is 2.58. The average Bonchev–Trinajstić information content (AvgIpc) is 2.45. The Morgan fingerprint density at radius 2 is 1.38 bits per heavy atom. The van der Waals surface area contributed by atoms with E-state index in [9.17, 15) is 0 Å². The van der Waals surface area contributed by atoms with Gasteiger partial charge in [-0.05, 0) is 26.3 Å². The van der Waals surface area contributed by atoms with Gasteiger partial charge in [-0.2, -0.15) is 0 Å². The van der Waals surface area contributed by atoms with Crippen molar-refractivity contribution in [3.63, 3.8) is 0 Å². The highest BCUT2D eigenvalue weighted by Gasteiger charge is 2.41. The molecule has 2 fully saturated rings. The standard InChI is InChI=1S/C10H19N.C2H6/c1-11-9-8-10(11)6-4-2-3-5-7-10;1-2/h2-9H2,1H3;1-2H3. The summed E-state index contributed by atoms with van der Waals surface area (Å²) in [5.74, 6) is 0. The van der Waals surface area contributed by atoms with Crippen LogP contribution in [-0.2, 0) is 0 Å². The molecule has 1 spiro atoms. The van der Waals surface area contributed by atoms with Crippen molar-refractivity contribution in [2.24, 2.45) is 0 Å². The second-order valence-electron chi connectivity index (χ2n) is 4.31. The molecule has 0 N–H and O–H groups in total. The molecular weight excluding hydrogens is 158 g/mol. The van der Waals surface area contributed by atoms with Crippen molar-refractivity contribution in [3.8, 4) is 0 Å². The van der Waals surface area contributed by atoms with Crippen molar-refractivity contribution in [3.05, 3.63) is 0 Å². The van der Waals surface area contributed by atoms with Crippen molar-refractivity contribution < 1.29 is 0 Å². The van der Waals surface area contributed by atoms with Gasteiger partial charge in [0.15, 0.2) is 0 Å². The lowest BCUT2D eigenvalue weighted by molar-refractivity contribution is -0.00200. The first-order valence-corrected chi connectivity index (χ1v) is 6.05. The summed E-state index contributed by atoms with van der Waals surface area (Å²) in [7, 11) is 2.30. The lowest BCUT2D eigenvalue weighted by Gasteiger charge is -2.51. The molecule has 0 bridgehead atoms. The van der Waals surface area contributed by atoms with Gasteiger partial charge in [0.2, 0.25) is 0 Å². The summed E-state index contributed by atoms with van der Waals surface area (Å²) >= 11 is 0. The topological polar surface area (TPSA) is 3.24 Å². The number of rotatable bonds is 0. The predicted octanol–water partition coefficient (Wildman–Crippen LogP) is 3.44. The van der Waals surface area contributed by atoms with E-state index in [0.29, 0.717) is 5.54 Å². The van der Waals surface area contributed by atoms with Crippen molar-refractivity contribution in [2.75, 3.05) is 13.6 Å². The maximum atomic E-state index is 2.58. The summed E-state index contributed by atoms with van der Waals surface area (Å²) in [5.41, 5.74) is 0.677. The summed E-state index contributed by atoms with van der Waals surface area (Å²) in [6.07, 6.45) is 10.3. The van der Waals surface area contributed by atoms with Crippen LogP contribution in [0.1, 0.15) is 58.8 Å². The van der Waals surface area contributed by atoms with Gasteiger partial charge in [0.1, 0.15) is 0 Å². The third-order valence-corrected chi connectivity index (χ3v) is 3.76. The van der Waals surface area contributed by atoms with E-state index in [4.69, 9.17) is 0 Å². The molecule has 13 heavy (non-hydrogen) atoms. The Morgan fingerprint density at radius 1 is 0.846 bits per heavy atom. The van der Waals surface area contributed by atoms with Gasteiger partial charge in [-0.3, -0.25) is 0 Å². The minimum absolute atomic E-state index is 0.677. The average molecular weight is 183 g/mol. The van der Waals surface area contributed by atoms with Crippen LogP contribution in [0.25, 0.3) is 0 Å². The van der Waals surface area contributed by atoms with Gasteiger partial charge in [-0.15, -0.1) is 0 Å². The molecule has 0 aromatic heterocycles. The number of likely N-dealkylation sites (tertiary alicyclic amines) is 1. The van der Waals surface area contributed by atoms with Crippen molar-refractivity contribution in [2.45, 2.75) is 64.3 Å². The van der Waals surface area contributed by atoms with Crippen LogP contribution in [0.15, 0.2) is 0 Å². The second kappa shape index (κ2) is 4.99. The van der Waals surface area contributed by atoms with Crippen molar-refractivity contribution in [1.82, 2.24) is 4.90 Å². The van der Waals surface area contributed by atoms with E-state index in [2.05, 4.69) is 11.9 Å². The molecule has 0 unspecified atom stereocenters. The van der Waals surface area contributed by atoms with Crippen molar-refractivity contribution >= 4 is 0 Å². The van der Waals surface area contributed by atoms with Gasteiger partial charge in [-0.25, -0.2) is 0 Å². The van der Waals surface area contributed by atoms with E-state index in [1.54, 1.807) is 0 Å². The molecule has 1 aliphatic heterocycles. The van der Waals surface area contributed by atoms with Crippen LogP contribution < -0.4 is 0 Å². The summed E-state index contributed by atoms with van der Waals surface area (Å²) < 4.78 is 0. The molecule has 0 radical (unpaired) electrons. The maximum absolute atomic E-state index is 2.58. The Morgan fingerprint density at radius 3 is 1.69 bits per heavy atom. The fourth-order valence-electron chi connectivity index (χ4n) is 2.67. The number of nitrogens with zero attached hydrogens (tertiary/aromatic N) is 1. The third kappa shape index (κ3) is 2.25. The highest BCUT2D eigenvalue weighted by atomic mass is 15.2. The van der Waals surface area contributed by atoms with Crippen molar-refractivity contribution in [1.29, 1.82) is 0 Å². The van der Waals surface area contributed by atoms with E-state index in [0.717, 1.165) is 0 Å². The second-order valence-corrected chi connectivity index (χ2v) is 4.31. The molecule has 1 heterocycles. The van der Waals surface area contributed by atoms with Gasteiger partial charge in [0.25, 0.3) is 0 Å². The highest BCUT2D eigenvalue weighted by molar-refractivity contribution is 4.98. The summed E-state index contributed by atoms with van der Waals surface area (Å²) in [6.45, 7) is 5.35. The Bertz CT molecular complexity index is 134. The first kappa shape index (κ1) is 11.0. The molecule has 0 atom stereocenters. The third-order valence-electron chi connectivity index (χ3n) is 3.76. The smallest absolute Gasteiger partial charge is 0.0218 e. The first-order chi connectivity index (χ1) is 6.33. The molecule has 0 aromatic rings.